The zero-order chi connectivity index (χ0) is 23.4. The van der Waals surface area contributed by atoms with Gasteiger partial charge in [-0.1, -0.05) is 69.8 Å². The van der Waals surface area contributed by atoms with E-state index in [4.69, 9.17) is 58.0 Å². The standard InChI is InChI=1S/C19H14Cl5N5O2S/c1-29-15(7-16(30)25-10-2-3-11(21)12(22)6-10)27-28-19(29)32-8-17(31)26-18-13(23)4-9(20)5-14(18)24/h2-6H,7-8H2,1H3,(H,25,30)(H,26,31). The van der Waals surface area contributed by atoms with Crippen molar-refractivity contribution in [1.82, 2.24) is 14.8 Å². The molecule has 0 saturated heterocycles. The van der Waals surface area contributed by atoms with Crippen LogP contribution in [-0.2, 0) is 23.1 Å². The maximum Gasteiger partial charge on any atom is 0.234 e. The van der Waals surface area contributed by atoms with Crippen LogP contribution >= 0.6 is 69.8 Å². The van der Waals surface area contributed by atoms with Gasteiger partial charge in [-0.2, -0.15) is 0 Å². The molecule has 0 fully saturated rings. The molecule has 0 unspecified atom stereocenters. The van der Waals surface area contributed by atoms with Crippen LogP contribution in [0.4, 0.5) is 11.4 Å². The van der Waals surface area contributed by atoms with Crippen LogP contribution in [-0.4, -0.2) is 32.3 Å². The summed E-state index contributed by atoms with van der Waals surface area (Å²) in [6.07, 6.45) is -0.0213. The molecular weight excluding hydrogens is 540 g/mol. The molecule has 0 bridgehead atoms. The number of anilines is 2. The molecule has 2 aromatic carbocycles. The van der Waals surface area contributed by atoms with Crippen LogP contribution in [0.15, 0.2) is 35.5 Å². The van der Waals surface area contributed by atoms with E-state index in [1.54, 1.807) is 29.8 Å². The molecule has 1 heterocycles. The predicted octanol–water partition coefficient (Wildman–Crippen LogP) is 5.99. The van der Waals surface area contributed by atoms with Gasteiger partial charge in [0.2, 0.25) is 11.8 Å². The van der Waals surface area contributed by atoms with Gasteiger partial charge in [0.25, 0.3) is 0 Å². The number of halogens is 5. The average Bonchev–Trinajstić information content (AvgIpc) is 3.05. The molecule has 1 aromatic heterocycles. The topological polar surface area (TPSA) is 88.9 Å². The fraction of sp³-hybridized carbons (Fsp3) is 0.158. The van der Waals surface area contributed by atoms with Crippen molar-refractivity contribution in [3.05, 3.63) is 61.3 Å². The molecule has 7 nitrogen and oxygen atoms in total. The molecular formula is C19H14Cl5N5O2S. The Kier molecular flexibility index (Phi) is 8.55. The van der Waals surface area contributed by atoms with Crippen molar-refractivity contribution in [2.45, 2.75) is 11.6 Å². The van der Waals surface area contributed by atoms with E-state index in [2.05, 4.69) is 20.8 Å². The third kappa shape index (κ3) is 6.43. The summed E-state index contributed by atoms with van der Waals surface area (Å²) in [5, 5.41) is 15.4. The van der Waals surface area contributed by atoms with Crippen molar-refractivity contribution in [2.24, 2.45) is 7.05 Å². The van der Waals surface area contributed by atoms with Gasteiger partial charge in [0.1, 0.15) is 5.82 Å². The summed E-state index contributed by atoms with van der Waals surface area (Å²) >= 11 is 31.0. The molecule has 0 spiro atoms. The lowest BCUT2D eigenvalue weighted by atomic mass is 10.3. The summed E-state index contributed by atoms with van der Waals surface area (Å²) in [6.45, 7) is 0. The monoisotopic (exact) mass is 551 g/mol. The minimum absolute atomic E-state index is 0.0213. The maximum atomic E-state index is 12.3. The molecule has 0 atom stereocenters. The van der Waals surface area contributed by atoms with Gasteiger partial charge in [-0.25, -0.2) is 0 Å². The van der Waals surface area contributed by atoms with Crippen LogP contribution in [0, 0.1) is 0 Å². The second-order valence-electron chi connectivity index (χ2n) is 6.39. The highest BCUT2D eigenvalue weighted by Gasteiger charge is 2.16. The third-order valence-electron chi connectivity index (χ3n) is 4.05. The maximum absolute atomic E-state index is 12.3. The quantitative estimate of drug-likeness (QED) is 0.351. The number of amides is 2. The molecule has 168 valence electrons. The summed E-state index contributed by atoms with van der Waals surface area (Å²) in [5.74, 6) is -0.200. The van der Waals surface area contributed by atoms with Gasteiger partial charge in [0.05, 0.1) is 38.0 Å². The van der Waals surface area contributed by atoms with Crippen LogP contribution in [0.25, 0.3) is 0 Å². The summed E-state index contributed by atoms with van der Waals surface area (Å²) in [5.41, 5.74) is 0.790. The van der Waals surface area contributed by atoms with Gasteiger partial charge in [-0.05, 0) is 30.3 Å². The number of carbonyl (C=O) groups excluding carboxylic acids is 2. The van der Waals surface area contributed by atoms with Crippen molar-refractivity contribution >= 4 is 93.0 Å². The fourth-order valence-corrected chi connectivity index (χ4v) is 4.45. The highest BCUT2D eigenvalue weighted by atomic mass is 35.5. The molecule has 3 aromatic rings. The van der Waals surface area contributed by atoms with Crippen LogP contribution in [0.3, 0.4) is 0 Å². The second kappa shape index (κ2) is 11.0. The van der Waals surface area contributed by atoms with E-state index >= 15 is 0 Å². The van der Waals surface area contributed by atoms with Crippen molar-refractivity contribution < 1.29 is 9.59 Å². The number of nitrogens with zero attached hydrogens (tertiary/aromatic N) is 3. The molecule has 0 saturated carbocycles. The Balaban J connectivity index is 1.57. The van der Waals surface area contributed by atoms with Crippen LogP contribution in [0.5, 0.6) is 0 Å². The Morgan fingerprint density at radius 2 is 1.59 bits per heavy atom. The van der Waals surface area contributed by atoms with E-state index in [1.165, 1.54) is 12.1 Å². The lowest BCUT2D eigenvalue weighted by molar-refractivity contribution is -0.116. The minimum atomic E-state index is -0.344. The van der Waals surface area contributed by atoms with Crippen molar-refractivity contribution in [3.63, 3.8) is 0 Å². The molecule has 32 heavy (non-hydrogen) atoms. The van der Waals surface area contributed by atoms with E-state index in [0.717, 1.165) is 11.8 Å². The molecule has 2 amide bonds. The van der Waals surface area contributed by atoms with Gasteiger partial charge < -0.3 is 15.2 Å². The highest BCUT2D eigenvalue weighted by molar-refractivity contribution is 7.99. The lowest BCUT2D eigenvalue weighted by Crippen LogP contribution is -2.17. The number of aromatic nitrogens is 3. The average molecular weight is 554 g/mol. The van der Waals surface area contributed by atoms with Crippen molar-refractivity contribution in [2.75, 3.05) is 16.4 Å². The third-order valence-corrected chi connectivity index (χ3v) is 6.62. The van der Waals surface area contributed by atoms with E-state index < -0.39 is 0 Å². The van der Waals surface area contributed by atoms with Gasteiger partial charge >= 0.3 is 0 Å². The Morgan fingerprint density at radius 1 is 0.906 bits per heavy atom. The molecule has 0 radical (unpaired) electrons. The van der Waals surface area contributed by atoms with Gasteiger partial charge in [-0.15, -0.1) is 10.2 Å². The summed E-state index contributed by atoms with van der Waals surface area (Å²) in [6, 6.07) is 7.75. The zero-order valence-electron chi connectivity index (χ0n) is 16.3. The normalized spacial score (nSPS) is 10.8. The Labute approximate surface area is 212 Å². The first-order chi connectivity index (χ1) is 15.1. The number of benzene rings is 2. The Bertz CT molecular complexity index is 1160. The number of nitrogens with one attached hydrogen (secondary N) is 2. The zero-order valence-corrected chi connectivity index (χ0v) is 20.9. The van der Waals surface area contributed by atoms with E-state index in [0.29, 0.717) is 31.7 Å². The van der Waals surface area contributed by atoms with Crippen LogP contribution < -0.4 is 10.6 Å². The first kappa shape index (κ1) is 25.0. The summed E-state index contributed by atoms with van der Waals surface area (Å²) < 4.78 is 1.63. The first-order valence-corrected chi connectivity index (χ1v) is 11.7. The molecule has 13 heteroatoms. The van der Waals surface area contributed by atoms with E-state index in [9.17, 15) is 9.59 Å². The molecule has 3 rings (SSSR count). The van der Waals surface area contributed by atoms with Gasteiger partial charge in [0.15, 0.2) is 5.16 Å². The summed E-state index contributed by atoms with van der Waals surface area (Å²) in [4.78, 5) is 24.6. The number of hydrogen-bond donors (Lipinski definition) is 2. The SMILES string of the molecule is Cn1c(CC(=O)Nc2ccc(Cl)c(Cl)c2)nnc1SCC(=O)Nc1c(Cl)cc(Cl)cc1Cl. The molecule has 0 aliphatic rings. The number of hydrogen-bond acceptors (Lipinski definition) is 5. The van der Waals surface area contributed by atoms with Gasteiger partial charge in [-0.3, -0.25) is 9.59 Å². The Hall–Kier alpha value is -1.68. The predicted molar refractivity (Wildman–Crippen MR) is 131 cm³/mol. The largest absolute Gasteiger partial charge is 0.326 e. The smallest absolute Gasteiger partial charge is 0.234 e. The van der Waals surface area contributed by atoms with E-state index in [1.807, 2.05) is 0 Å². The Morgan fingerprint density at radius 3 is 2.25 bits per heavy atom. The van der Waals surface area contributed by atoms with Crippen LogP contribution in [0.1, 0.15) is 5.82 Å². The molecule has 2 N–H and O–H groups in total. The number of thioether (sulfide) groups is 1. The van der Waals surface area contributed by atoms with Gasteiger partial charge in [0, 0.05) is 17.8 Å². The summed E-state index contributed by atoms with van der Waals surface area (Å²) in [7, 11) is 1.70. The lowest BCUT2D eigenvalue weighted by Gasteiger charge is -2.10. The first-order valence-electron chi connectivity index (χ1n) is 8.84. The number of carbonyl (C=O) groups is 2. The van der Waals surface area contributed by atoms with Crippen molar-refractivity contribution in [1.29, 1.82) is 0 Å². The van der Waals surface area contributed by atoms with Crippen molar-refractivity contribution in [3.8, 4) is 0 Å². The molecule has 0 aliphatic heterocycles. The van der Waals surface area contributed by atoms with Crippen LogP contribution in [0.2, 0.25) is 25.1 Å². The number of rotatable bonds is 7. The van der Waals surface area contributed by atoms with E-state index in [-0.39, 0.29) is 39.7 Å². The highest BCUT2D eigenvalue weighted by Crippen LogP contribution is 2.34. The molecule has 0 aliphatic carbocycles. The second-order valence-corrected chi connectivity index (χ2v) is 9.40. The fourth-order valence-electron chi connectivity index (χ4n) is 2.51. The minimum Gasteiger partial charge on any atom is -0.326 e.